The molecule has 54 heavy (non-hydrogen) atoms. The predicted molar refractivity (Wildman–Crippen MR) is 228 cm³/mol. The Hall–Kier alpha value is -5.86. The van der Waals surface area contributed by atoms with Crippen LogP contribution < -0.4 is 9.80 Å². The number of fused-ring (bicyclic) bond motifs is 8. The van der Waals surface area contributed by atoms with Crippen molar-refractivity contribution in [1.29, 1.82) is 0 Å². The number of para-hydroxylation sites is 3. The molecular weight excluding hydrogens is 653 g/mol. The molecule has 6 aromatic rings. The molecule has 0 spiro atoms. The zero-order valence-corrected chi connectivity index (χ0v) is 31.6. The summed E-state index contributed by atoms with van der Waals surface area (Å²) in [6.45, 7) is 9.83. The number of hydrogen-bond donors (Lipinski definition) is 0. The van der Waals surface area contributed by atoms with Crippen LogP contribution in [0.1, 0.15) is 68.7 Å². The SMILES string of the molecule is CC1(C)c2cc3c(cc2-c2c1cc(N(c1ccccc1)c1ccccc1)c1ccccc21)C(C)(C)C1C=C(N(C2=CC=CCC2)c2ccccc2)C=CC31. The van der Waals surface area contributed by atoms with Crippen molar-refractivity contribution in [3.8, 4) is 11.1 Å². The van der Waals surface area contributed by atoms with Crippen LogP contribution in [0, 0.1) is 5.92 Å². The predicted octanol–water partition coefficient (Wildman–Crippen LogP) is 13.8. The van der Waals surface area contributed by atoms with Crippen LogP contribution in [0.2, 0.25) is 0 Å². The van der Waals surface area contributed by atoms with Crippen molar-refractivity contribution in [1.82, 2.24) is 0 Å². The number of benzene rings is 6. The Labute approximate surface area is 320 Å². The number of hydrogen-bond acceptors (Lipinski definition) is 2. The summed E-state index contributed by atoms with van der Waals surface area (Å²) in [7, 11) is 0. The van der Waals surface area contributed by atoms with Crippen LogP contribution in [0.4, 0.5) is 22.7 Å². The quantitative estimate of drug-likeness (QED) is 0.171. The molecule has 4 aliphatic rings. The van der Waals surface area contributed by atoms with Crippen molar-refractivity contribution in [2.24, 2.45) is 5.92 Å². The van der Waals surface area contributed by atoms with Crippen molar-refractivity contribution in [2.45, 2.75) is 57.3 Å². The fraction of sp³-hybridized carbons (Fsp3) is 0.192. The van der Waals surface area contributed by atoms with E-state index in [0.29, 0.717) is 11.8 Å². The lowest BCUT2D eigenvalue weighted by Gasteiger charge is -2.36. The van der Waals surface area contributed by atoms with Gasteiger partial charge in [-0.05, 0) is 124 Å². The van der Waals surface area contributed by atoms with Crippen molar-refractivity contribution in [3.05, 3.63) is 204 Å². The molecule has 0 saturated carbocycles. The first-order valence-corrected chi connectivity index (χ1v) is 19.6. The molecule has 6 aromatic carbocycles. The maximum atomic E-state index is 2.60. The number of anilines is 4. The van der Waals surface area contributed by atoms with Gasteiger partial charge in [-0.25, -0.2) is 0 Å². The van der Waals surface area contributed by atoms with Gasteiger partial charge in [-0.2, -0.15) is 0 Å². The lowest BCUT2D eigenvalue weighted by Crippen LogP contribution is -2.29. The Morgan fingerprint density at radius 1 is 0.611 bits per heavy atom. The van der Waals surface area contributed by atoms with Gasteiger partial charge >= 0.3 is 0 Å². The van der Waals surface area contributed by atoms with Gasteiger partial charge in [-0.3, -0.25) is 0 Å². The van der Waals surface area contributed by atoms with E-state index in [4.69, 9.17) is 0 Å². The van der Waals surface area contributed by atoms with Crippen molar-refractivity contribution < 1.29 is 0 Å². The molecule has 0 bridgehead atoms. The highest BCUT2D eigenvalue weighted by atomic mass is 15.2. The molecule has 264 valence electrons. The average Bonchev–Trinajstić information content (AvgIpc) is 3.57. The van der Waals surface area contributed by atoms with E-state index >= 15 is 0 Å². The molecular formula is C52H46N2. The number of allylic oxidation sites excluding steroid dienone is 7. The van der Waals surface area contributed by atoms with Crippen LogP contribution in [-0.2, 0) is 10.8 Å². The van der Waals surface area contributed by atoms with E-state index in [9.17, 15) is 0 Å². The first kappa shape index (κ1) is 32.8. The third-order valence-electron chi connectivity index (χ3n) is 12.7. The summed E-state index contributed by atoms with van der Waals surface area (Å²) in [5, 5.41) is 2.58. The maximum Gasteiger partial charge on any atom is 0.0543 e. The second-order valence-corrected chi connectivity index (χ2v) is 16.5. The molecule has 0 amide bonds. The van der Waals surface area contributed by atoms with Crippen LogP contribution in [0.15, 0.2) is 181 Å². The van der Waals surface area contributed by atoms with Crippen LogP contribution in [-0.4, -0.2) is 0 Å². The molecule has 0 saturated heterocycles. The molecule has 0 aromatic heterocycles. The lowest BCUT2D eigenvalue weighted by molar-refractivity contribution is 0.392. The highest BCUT2D eigenvalue weighted by Crippen LogP contribution is 2.60. The van der Waals surface area contributed by atoms with Crippen LogP contribution in [0.5, 0.6) is 0 Å². The van der Waals surface area contributed by atoms with E-state index in [0.717, 1.165) is 24.2 Å². The summed E-state index contributed by atoms with van der Waals surface area (Å²) in [6, 6.07) is 49.3. The Morgan fingerprint density at radius 3 is 1.85 bits per heavy atom. The molecule has 2 heteroatoms. The zero-order chi connectivity index (χ0) is 36.6. The second kappa shape index (κ2) is 12.4. The molecule has 0 fully saturated rings. The fourth-order valence-electron chi connectivity index (χ4n) is 10.0. The van der Waals surface area contributed by atoms with Gasteiger partial charge in [0.15, 0.2) is 0 Å². The third kappa shape index (κ3) is 4.93. The van der Waals surface area contributed by atoms with E-state index in [2.05, 4.69) is 207 Å². The van der Waals surface area contributed by atoms with Gasteiger partial charge in [0, 0.05) is 45.2 Å². The van der Waals surface area contributed by atoms with Crippen molar-refractivity contribution >= 4 is 33.5 Å². The summed E-state index contributed by atoms with van der Waals surface area (Å²) in [6.07, 6.45) is 16.4. The van der Waals surface area contributed by atoms with Gasteiger partial charge in [-0.15, -0.1) is 0 Å². The molecule has 0 N–H and O–H groups in total. The summed E-state index contributed by atoms with van der Waals surface area (Å²) in [4.78, 5) is 4.93. The minimum atomic E-state index is -0.176. The smallest absolute Gasteiger partial charge is 0.0543 e. The minimum Gasteiger partial charge on any atom is -0.315 e. The molecule has 0 radical (unpaired) electrons. The summed E-state index contributed by atoms with van der Waals surface area (Å²) < 4.78 is 0. The van der Waals surface area contributed by atoms with Gasteiger partial charge in [0.25, 0.3) is 0 Å². The highest BCUT2D eigenvalue weighted by Gasteiger charge is 2.48. The summed E-state index contributed by atoms with van der Waals surface area (Å²) in [5.74, 6) is 0.688. The molecule has 0 heterocycles. The Balaban J connectivity index is 1.12. The van der Waals surface area contributed by atoms with Crippen LogP contribution in [0.25, 0.3) is 21.9 Å². The topological polar surface area (TPSA) is 6.48 Å². The normalized spacial score (nSPS) is 19.7. The second-order valence-electron chi connectivity index (χ2n) is 16.5. The standard InChI is InChI=1S/C52H46N2/c1-51(2)45-31-39(53(35-19-9-5-10-20-35)36-21-11-6-12-22-36)29-30-40(45)43-32-47-44(33-46(43)51)50-42-28-18-17-27-41(42)49(34-48(50)52(47,3)4)54(37-23-13-7-14-24-37)38-25-15-8-16-26-38/h5-11,13-21,23-34,40,45H,12,22H2,1-4H3. The van der Waals surface area contributed by atoms with Gasteiger partial charge in [0.05, 0.1) is 5.69 Å². The molecule has 4 aliphatic carbocycles. The first-order chi connectivity index (χ1) is 26.3. The van der Waals surface area contributed by atoms with Crippen molar-refractivity contribution in [3.63, 3.8) is 0 Å². The number of rotatable bonds is 6. The zero-order valence-electron chi connectivity index (χ0n) is 31.6. The van der Waals surface area contributed by atoms with E-state index in [1.54, 1.807) is 0 Å². The first-order valence-electron chi connectivity index (χ1n) is 19.6. The molecule has 2 nitrogen and oxygen atoms in total. The Morgan fingerprint density at radius 2 is 1.22 bits per heavy atom. The van der Waals surface area contributed by atoms with Crippen molar-refractivity contribution in [2.75, 3.05) is 9.80 Å². The van der Waals surface area contributed by atoms with Crippen LogP contribution in [0.3, 0.4) is 0 Å². The molecule has 2 atom stereocenters. The third-order valence-corrected chi connectivity index (χ3v) is 12.7. The maximum absolute atomic E-state index is 2.60. The van der Waals surface area contributed by atoms with E-state index < -0.39 is 0 Å². The minimum absolute atomic E-state index is 0.0473. The molecule has 2 unspecified atom stereocenters. The van der Waals surface area contributed by atoms with Gasteiger partial charge in [0.2, 0.25) is 0 Å². The fourth-order valence-corrected chi connectivity index (χ4v) is 10.0. The monoisotopic (exact) mass is 698 g/mol. The summed E-state index contributed by atoms with van der Waals surface area (Å²) >= 11 is 0. The van der Waals surface area contributed by atoms with Gasteiger partial charge in [0.1, 0.15) is 0 Å². The van der Waals surface area contributed by atoms with E-state index in [-0.39, 0.29) is 10.8 Å². The molecule has 0 aliphatic heterocycles. The average molecular weight is 699 g/mol. The Bertz CT molecular complexity index is 2510. The number of nitrogens with zero attached hydrogens (tertiary/aromatic N) is 2. The van der Waals surface area contributed by atoms with Gasteiger partial charge in [-0.1, -0.05) is 137 Å². The van der Waals surface area contributed by atoms with Crippen LogP contribution >= 0.6 is 0 Å². The largest absolute Gasteiger partial charge is 0.315 e. The highest BCUT2D eigenvalue weighted by molar-refractivity contribution is 6.10. The van der Waals surface area contributed by atoms with E-state index in [1.807, 2.05) is 0 Å². The van der Waals surface area contributed by atoms with E-state index in [1.165, 1.54) is 66.9 Å². The Kier molecular flexibility index (Phi) is 7.49. The summed E-state index contributed by atoms with van der Waals surface area (Å²) in [5.41, 5.74) is 15.8. The lowest BCUT2D eigenvalue weighted by atomic mass is 9.73. The molecule has 10 rings (SSSR count). The van der Waals surface area contributed by atoms with Gasteiger partial charge < -0.3 is 9.80 Å².